The molecule has 0 aromatic heterocycles. The molecule has 0 aliphatic rings. The molecule has 2 heteroatoms. The average Bonchev–Trinajstić information content (AvgIpc) is 2.59. The zero-order chi connectivity index (χ0) is 16.3. The van der Waals surface area contributed by atoms with E-state index >= 15 is 0 Å². The molecule has 0 aliphatic carbocycles. The number of hydrogen-bond acceptors (Lipinski definition) is 2. The van der Waals surface area contributed by atoms with Crippen LogP contribution in [-0.4, -0.2) is 19.8 Å². The molecule has 0 radical (unpaired) electrons. The van der Waals surface area contributed by atoms with Gasteiger partial charge in [0, 0.05) is 17.7 Å². The summed E-state index contributed by atoms with van der Waals surface area (Å²) in [6.45, 7) is 6.08. The van der Waals surface area contributed by atoms with Crippen molar-refractivity contribution in [3.8, 4) is 17.6 Å². The lowest BCUT2D eigenvalue weighted by molar-refractivity contribution is 0.110. The molecule has 2 aromatic rings. The predicted molar refractivity (Wildman–Crippen MR) is 94.8 cm³/mol. The fourth-order valence-electron chi connectivity index (χ4n) is 2.19. The second-order valence-corrected chi connectivity index (χ2v) is 5.27. The fourth-order valence-corrected chi connectivity index (χ4v) is 2.19. The molecule has 0 saturated heterocycles. The number of benzene rings is 2. The summed E-state index contributed by atoms with van der Waals surface area (Å²) in [7, 11) is 0. The minimum Gasteiger partial charge on any atom is -0.491 e. The molecule has 0 spiro atoms. The molecule has 0 aliphatic heterocycles. The quantitative estimate of drug-likeness (QED) is 0.555. The summed E-state index contributed by atoms with van der Waals surface area (Å²) in [6.07, 6.45) is 2.29. The molecule has 0 fully saturated rings. The van der Waals surface area contributed by atoms with Gasteiger partial charge in [0.1, 0.15) is 12.4 Å². The molecular weight excluding hydrogens is 284 g/mol. The third-order valence-electron chi connectivity index (χ3n) is 3.40. The molecule has 0 bridgehead atoms. The van der Waals surface area contributed by atoms with E-state index in [2.05, 4.69) is 43.0 Å². The molecule has 0 N–H and O–H groups in total. The maximum Gasteiger partial charge on any atom is 0.119 e. The summed E-state index contributed by atoms with van der Waals surface area (Å²) >= 11 is 0. The van der Waals surface area contributed by atoms with E-state index in [1.54, 1.807) is 0 Å². The second kappa shape index (κ2) is 9.71. The number of rotatable bonds is 7. The van der Waals surface area contributed by atoms with Crippen molar-refractivity contribution in [2.75, 3.05) is 19.8 Å². The van der Waals surface area contributed by atoms with Gasteiger partial charge in [-0.25, -0.2) is 0 Å². The molecule has 0 saturated carbocycles. The Morgan fingerprint density at radius 3 is 1.96 bits per heavy atom. The van der Waals surface area contributed by atoms with Crippen LogP contribution < -0.4 is 4.74 Å². The number of hydrogen-bond donors (Lipinski definition) is 0. The lowest BCUT2D eigenvalue weighted by Crippen LogP contribution is -2.06. The van der Waals surface area contributed by atoms with Crippen molar-refractivity contribution in [2.45, 2.75) is 26.7 Å². The van der Waals surface area contributed by atoms with E-state index in [0.717, 1.165) is 29.9 Å². The van der Waals surface area contributed by atoms with E-state index < -0.39 is 0 Å². The third kappa shape index (κ3) is 6.18. The van der Waals surface area contributed by atoms with E-state index in [4.69, 9.17) is 9.47 Å². The van der Waals surface area contributed by atoms with Gasteiger partial charge in [0.2, 0.25) is 0 Å². The number of aryl methyl sites for hydroxylation is 1. The standard InChI is InChI=1S/C21H24O2/c1-3-5-18-6-8-19(9-7-18)10-11-20-12-14-21(15-13-20)23-17-16-22-4-2/h6-9,12-15H,3-5,16-17H2,1-2H3. The van der Waals surface area contributed by atoms with Crippen molar-refractivity contribution in [2.24, 2.45) is 0 Å². The van der Waals surface area contributed by atoms with Crippen LogP contribution in [-0.2, 0) is 11.2 Å². The Kier molecular flexibility index (Phi) is 7.23. The Hall–Kier alpha value is -2.24. The van der Waals surface area contributed by atoms with Crippen LogP contribution in [0.15, 0.2) is 48.5 Å². The molecular formula is C21H24O2. The van der Waals surface area contributed by atoms with Crippen molar-refractivity contribution in [3.05, 3.63) is 65.2 Å². The lowest BCUT2D eigenvalue weighted by Gasteiger charge is -2.05. The van der Waals surface area contributed by atoms with Gasteiger partial charge in [-0.2, -0.15) is 0 Å². The van der Waals surface area contributed by atoms with Crippen LogP contribution in [0.25, 0.3) is 0 Å². The SMILES string of the molecule is CCCc1ccc(C#Cc2ccc(OCCOCC)cc2)cc1. The van der Waals surface area contributed by atoms with Crippen LogP contribution in [0, 0.1) is 11.8 Å². The molecule has 0 amide bonds. The average molecular weight is 308 g/mol. The Morgan fingerprint density at radius 1 is 0.783 bits per heavy atom. The van der Waals surface area contributed by atoms with E-state index in [9.17, 15) is 0 Å². The monoisotopic (exact) mass is 308 g/mol. The molecule has 2 aromatic carbocycles. The fraction of sp³-hybridized carbons (Fsp3) is 0.333. The second-order valence-electron chi connectivity index (χ2n) is 5.27. The first-order chi connectivity index (χ1) is 11.3. The van der Waals surface area contributed by atoms with Gasteiger partial charge >= 0.3 is 0 Å². The highest BCUT2D eigenvalue weighted by atomic mass is 16.5. The van der Waals surface area contributed by atoms with Gasteiger partial charge in [-0.15, -0.1) is 0 Å². The topological polar surface area (TPSA) is 18.5 Å². The van der Waals surface area contributed by atoms with Crippen LogP contribution in [0.2, 0.25) is 0 Å². The van der Waals surface area contributed by atoms with Crippen LogP contribution in [0.4, 0.5) is 0 Å². The maximum absolute atomic E-state index is 5.59. The van der Waals surface area contributed by atoms with Gasteiger partial charge in [0.25, 0.3) is 0 Å². The van der Waals surface area contributed by atoms with E-state index in [1.807, 2.05) is 31.2 Å². The van der Waals surface area contributed by atoms with Crippen molar-refractivity contribution in [1.82, 2.24) is 0 Å². The maximum atomic E-state index is 5.59. The molecule has 23 heavy (non-hydrogen) atoms. The highest BCUT2D eigenvalue weighted by Gasteiger charge is 1.94. The molecule has 0 heterocycles. The van der Waals surface area contributed by atoms with Crippen molar-refractivity contribution >= 4 is 0 Å². The van der Waals surface area contributed by atoms with Crippen molar-refractivity contribution in [1.29, 1.82) is 0 Å². The Bertz CT molecular complexity index is 630. The normalized spacial score (nSPS) is 10.0. The zero-order valence-corrected chi connectivity index (χ0v) is 14.0. The van der Waals surface area contributed by atoms with Gasteiger partial charge in [-0.3, -0.25) is 0 Å². The van der Waals surface area contributed by atoms with E-state index in [-0.39, 0.29) is 0 Å². The van der Waals surface area contributed by atoms with Crippen LogP contribution >= 0.6 is 0 Å². The smallest absolute Gasteiger partial charge is 0.119 e. The Labute approximate surface area is 139 Å². The zero-order valence-electron chi connectivity index (χ0n) is 14.0. The summed E-state index contributed by atoms with van der Waals surface area (Å²) < 4.78 is 10.8. The Morgan fingerprint density at radius 2 is 1.39 bits per heavy atom. The summed E-state index contributed by atoms with van der Waals surface area (Å²) in [4.78, 5) is 0. The van der Waals surface area contributed by atoms with Crippen LogP contribution in [0.3, 0.4) is 0 Å². The minimum absolute atomic E-state index is 0.572. The van der Waals surface area contributed by atoms with E-state index in [1.165, 1.54) is 12.0 Å². The largest absolute Gasteiger partial charge is 0.491 e. The molecule has 120 valence electrons. The lowest BCUT2D eigenvalue weighted by atomic mass is 10.1. The van der Waals surface area contributed by atoms with Gasteiger partial charge in [-0.05, 0) is 55.3 Å². The van der Waals surface area contributed by atoms with Crippen molar-refractivity contribution < 1.29 is 9.47 Å². The van der Waals surface area contributed by atoms with Gasteiger partial charge in [-0.1, -0.05) is 37.3 Å². The summed E-state index contributed by atoms with van der Waals surface area (Å²) in [5.74, 6) is 7.23. The van der Waals surface area contributed by atoms with Gasteiger partial charge < -0.3 is 9.47 Å². The molecule has 0 unspecified atom stereocenters. The summed E-state index contributed by atoms with van der Waals surface area (Å²) in [5, 5.41) is 0. The van der Waals surface area contributed by atoms with Gasteiger partial charge in [0.05, 0.1) is 6.61 Å². The predicted octanol–water partition coefficient (Wildman–Crippen LogP) is 4.45. The van der Waals surface area contributed by atoms with Crippen molar-refractivity contribution in [3.63, 3.8) is 0 Å². The summed E-state index contributed by atoms with van der Waals surface area (Å²) in [6, 6.07) is 16.3. The minimum atomic E-state index is 0.572. The summed E-state index contributed by atoms with van der Waals surface area (Å²) in [5.41, 5.74) is 3.40. The van der Waals surface area contributed by atoms with Gasteiger partial charge in [0.15, 0.2) is 0 Å². The highest BCUT2D eigenvalue weighted by molar-refractivity contribution is 5.44. The Balaban J connectivity index is 1.90. The third-order valence-corrected chi connectivity index (χ3v) is 3.40. The van der Waals surface area contributed by atoms with Crippen LogP contribution in [0.5, 0.6) is 5.75 Å². The van der Waals surface area contributed by atoms with E-state index in [0.29, 0.717) is 13.2 Å². The molecule has 0 atom stereocenters. The number of ether oxygens (including phenoxy) is 2. The molecule has 2 rings (SSSR count). The first-order valence-corrected chi connectivity index (χ1v) is 8.23. The first kappa shape index (κ1) is 17.1. The molecule has 2 nitrogen and oxygen atoms in total. The first-order valence-electron chi connectivity index (χ1n) is 8.23. The van der Waals surface area contributed by atoms with Crippen LogP contribution in [0.1, 0.15) is 37.0 Å². The highest BCUT2D eigenvalue weighted by Crippen LogP contribution is 2.12.